The largest absolute Gasteiger partial charge is 0.508 e. The molecule has 4 rings (SSSR count). The van der Waals surface area contributed by atoms with Gasteiger partial charge < -0.3 is 19.5 Å². The van der Waals surface area contributed by atoms with Crippen molar-refractivity contribution >= 4 is 23.4 Å². The van der Waals surface area contributed by atoms with Crippen LogP contribution in [0.1, 0.15) is 31.5 Å². The minimum Gasteiger partial charge on any atom is -0.508 e. The molecule has 2 heterocycles. The molecule has 2 aromatic rings. The van der Waals surface area contributed by atoms with Gasteiger partial charge in [0, 0.05) is 44.3 Å². The van der Waals surface area contributed by atoms with Gasteiger partial charge in [0.2, 0.25) is 5.91 Å². The first-order chi connectivity index (χ1) is 13.2. The summed E-state index contributed by atoms with van der Waals surface area (Å²) < 4.78 is 2.15. The van der Waals surface area contributed by atoms with Crippen molar-refractivity contribution in [2.24, 2.45) is 0 Å². The lowest BCUT2D eigenvalue weighted by atomic mass is 10.2. The maximum Gasteiger partial charge on any atom is 0.233 e. The Bertz CT molecular complexity index is 795. The predicted octanol–water partition coefficient (Wildman–Crippen LogP) is 2.32. The number of carbonyl (C=O) groups excluding carboxylic acids is 1. The van der Waals surface area contributed by atoms with Gasteiger partial charge in [-0.1, -0.05) is 11.8 Å². The summed E-state index contributed by atoms with van der Waals surface area (Å²) in [5.74, 6) is 2.48. The fraction of sp³-hybridized carbons (Fsp3) is 0.526. The van der Waals surface area contributed by atoms with E-state index < -0.39 is 0 Å². The maximum absolute atomic E-state index is 12.6. The van der Waals surface area contributed by atoms with Crippen LogP contribution in [0.5, 0.6) is 5.75 Å². The number of anilines is 1. The van der Waals surface area contributed by atoms with E-state index in [9.17, 15) is 9.90 Å². The summed E-state index contributed by atoms with van der Waals surface area (Å²) in [6.07, 6.45) is 2.40. The lowest BCUT2D eigenvalue weighted by Crippen LogP contribution is -2.49. The minimum absolute atomic E-state index is 0.156. The average molecular weight is 388 g/mol. The molecule has 0 spiro atoms. The molecule has 0 radical (unpaired) electrons. The van der Waals surface area contributed by atoms with Crippen LogP contribution in [0.2, 0.25) is 0 Å². The summed E-state index contributed by atoms with van der Waals surface area (Å²) in [5.41, 5.74) is 1.08. The Morgan fingerprint density at radius 1 is 1.15 bits per heavy atom. The number of nitrogens with zero attached hydrogens (tertiary/aromatic N) is 5. The van der Waals surface area contributed by atoms with Gasteiger partial charge in [-0.05, 0) is 44.0 Å². The number of phenols is 1. The molecule has 1 aromatic carbocycles. The smallest absolute Gasteiger partial charge is 0.233 e. The number of hydrogen-bond acceptors (Lipinski definition) is 6. The summed E-state index contributed by atoms with van der Waals surface area (Å²) in [5, 5.41) is 18.9. The molecule has 27 heavy (non-hydrogen) atoms. The van der Waals surface area contributed by atoms with E-state index in [2.05, 4.69) is 26.6 Å². The Morgan fingerprint density at radius 3 is 2.48 bits per heavy atom. The van der Waals surface area contributed by atoms with Crippen LogP contribution in [0, 0.1) is 0 Å². The van der Waals surface area contributed by atoms with E-state index in [1.807, 2.05) is 17.0 Å². The average Bonchev–Trinajstić information content (AvgIpc) is 3.46. The first-order valence-corrected chi connectivity index (χ1v) is 10.5. The van der Waals surface area contributed by atoms with Gasteiger partial charge in [0.15, 0.2) is 5.16 Å². The first-order valence-electron chi connectivity index (χ1n) is 9.53. The number of piperazine rings is 1. The lowest BCUT2D eigenvalue weighted by Gasteiger charge is -2.36. The van der Waals surface area contributed by atoms with Crippen molar-refractivity contribution < 1.29 is 9.90 Å². The highest BCUT2D eigenvalue weighted by Crippen LogP contribution is 2.40. The van der Waals surface area contributed by atoms with E-state index in [0.29, 0.717) is 24.8 Å². The molecule has 1 N–H and O–H groups in total. The van der Waals surface area contributed by atoms with E-state index in [4.69, 9.17) is 0 Å². The number of aromatic hydroxyl groups is 1. The molecule has 7 nitrogen and oxygen atoms in total. The van der Waals surface area contributed by atoms with Gasteiger partial charge in [0.05, 0.1) is 5.75 Å². The first kappa shape index (κ1) is 18.2. The summed E-state index contributed by atoms with van der Waals surface area (Å²) in [7, 11) is 0. The van der Waals surface area contributed by atoms with E-state index >= 15 is 0 Å². The topological polar surface area (TPSA) is 74.5 Å². The summed E-state index contributed by atoms with van der Waals surface area (Å²) >= 11 is 1.49. The Labute approximate surface area is 163 Å². The molecule has 1 amide bonds. The molecule has 2 aliphatic rings. The Hall–Kier alpha value is -2.22. The predicted molar refractivity (Wildman–Crippen MR) is 105 cm³/mol. The number of carbonyl (C=O) groups is 1. The summed E-state index contributed by atoms with van der Waals surface area (Å²) in [6, 6.07) is 7.22. The lowest BCUT2D eigenvalue weighted by molar-refractivity contribution is -0.128. The molecule has 144 valence electrons. The molecular formula is C19H25N5O2S. The highest BCUT2D eigenvalue weighted by Gasteiger charge is 2.30. The van der Waals surface area contributed by atoms with Crippen molar-refractivity contribution in [3.8, 4) is 5.75 Å². The number of rotatable bonds is 6. The van der Waals surface area contributed by atoms with E-state index in [-0.39, 0.29) is 11.7 Å². The molecule has 1 aromatic heterocycles. The fourth-order valence-corrected chi connectivity index (χ4v) is 4.35. The van der Waals surface area contributed by atoms with Crippen LogP contribution in [-0.2, 0) is 11.3 Å². The minimum atomic E-state index is 0.156. The van der Waals surface area contributed by atoms with Crippen molar-refractivity contribution in [3.63, 3.8) is 0 Å². The van der Waals surface area contributed by atoms with Gasteiger partial charge in [0.1, 0.15) is 11.6 Å². The number of thioether (sulfide) groups is 1. The Balaban J connectivity index is 1.29. The molecule has 0 atom stereocenters. The standard InChI is InChI=1S/C19H25N5O2S/c1-2-24-18(14-3-4-14)20-21-19(24)27-13-17(26)23-11-9-22(10-12-23)15-5-7-16(25)8-6-15/h5-8,14,25H,2-4,9-13H2,1H3. The van der Waals surface area contributed by atoms with E-state index in [1.165, 1.54) is 24.6 Å². The maximum atomic E-state index is 12.6. The summed E-state index contributed by atoms with van der Waals surface area (Å²) in [6.45, 7) is 5.99. The zero-order valence-corrected chi connectivity index (χ0v) is 16.4. The number of hydrogen-bond donors (Lipinski definition) is 1. The molecule has 1 saturated heterocycles. The quantitative estimate of drug-likeness (QED) is 0.767. The van der Waals surface area contributed by atoms with Crippen LogP contribution in [0.25, 0.3) is 0 Å². The van der Waals surface area contributed by atoms with E-state index in [0.717, 1.165) is 36.3 Å². The van der Waals surface area contributed by atoms with Crippen LogP contribution in [0.3, 0.4) is 0 Å². The SMILES string of the molecule is CCn1c(SCC(=O)N2CCN(c3ccc(O)cc3)CC2)nnc1C1CC1. The second-order valence-electron chi connectivity index (χ2n) is 7.03. The third kappa shape index (κ3) is 4.05. The van der Waals surface area contributed by atoms with Crippen LogP contribution in [0.15, 0.2) is 29.4 Å². The summed E-state index contributed by atoms with van der Waals surface area (Å²) in [4.78, 5) is 16.8. The van der Waals surface area contributed by atoms with Gasteiger partial charge in [-0.25, -0.2) is 0 Å². The Kier molecular flexibility index (Phi) is 5.24. The number of benzene rings is 1. The van der Waals surface area contributed by atoms with Gasteiger partial charge in [-0.15, -0.1) is 10.2 Å². The third-order valence-electron chi connectivity index (χ3n) is 5.18. The van der Waals surface area contributed by atoms with Crippen molar-refractivity contribution in [2.45, 2.75) is 37.4 Å². The molecule has 8 heteroatoms. The number of aromatic nitrogens is 3. The van der Waals surface area contributed by atoms with Crippen molar-refractivity contribution in [1.29, 1.82) is 0 Å². The Morgan fingerprint density at radius 2 is 1.85 bits per heavy atom. The molecule has 1 aliphatic heterocycles. The monoisotopic (exact) mass is 387 g/mol. The zero-order chi connectivity index (χ0) is 18.8. The van der Waals surface area contributed by atoms with Crippen molar-refractivity contribution in [1.82, 2.24) is 19.7 Å². The van der Waals surface area contributed by atoms with Gasteiger partial charge in [0.25, 0.3) is 0 Å². The second-order valence-corrected chi connectivity index (χ2v) is 7.97. The molecule has 0 bridgehead atoms. The molecular weight excluding hydrogens is 362 g/mol. The van der Waals surface area contributed by atoms with Gasteiger partial charge >= 0.3 is 0 Å². The molecule has 0 unspecified atom stereocenters. The van der Waals surface area contributed by atoms with Crippen molar-refractivity contribution in [2.75, 3.05) is 36.8 Å². The number of amides is 1. The molecule has 2 fully saturated rings. The second kappa shape index (κ2) is 7.80. The van der Waals surface area contributed by atoms with Crippen molar-refractivity contribution in [3.05, 3.63) is 30.1 Å². The van der Waals surface area contributed by atoms with Crippen LogP contribution in [0.4, 0.5) is 5.69 Å². The van der Waals surface area contributed by atoms with Crippen LogP contribution in [-0.4, -0.2) is 62.6 Å². The molecule has 1 saturated carbocycles. The zero-order valence-electron chi connectivity index (χ0n) is 15.5. The third-order valence-corrected chi connectivity index (χ3v) is 6.13. The fourth-order valence-electron chi connectivity index (χ4n) is 3.44. The van der Waals surface area contributed by atoms with Crippen LogP contribution >= 0.6 is 11.8 Å². The normalized spacial score (nSPS) is 17.4. The highest BCUT2D eigenvalue weighted by atomic mass is 32.2. The van der Waals surface area contributed by atoms with Crippen LogP contribution < -0.4 is 4.90 Å². The van der Waals surface area contributed by atoms with E-state index in [1.54, 1.807) is 12.1 Å². The highest BCUT2D eigenvalue weighted by molar-refractivity contribution is 7.99. The van der Waals surface area contributed by atoms with Gasteiger partial charge in [-0.3, -0.25) is 4.79 Å². The molecule has 1 aliphatic carbocycles. The number of phenolic OH excluding ortho intramolecular Hbond substituents is 1. The van der Waals surface area contributed by atoms with Gasteiger partial charge in [-0.2, -0.15) is 0 Å².